The number of aliphatic carboxylic acids is 1. The number of esters is 2. The van der Waals surface area contributed by atoms with Crippen molar-refractivity contribution in [1.29, 1.82) is 0 Å². The number of fused-ring (bicyclic) bond motifs is 1. The number of urea groups is 1. The molecule has 49 heavy (non-hydrogen) atoms. The lowest BCUT2D eigenvalue weighted by Crippen LogP contribution is -2.60. The van der Waals surface area contributed by atoms with E-state index in [2.05, 4.69) is 5.32 Å². The van der Waals surface area contributed by atoms with Crippen molar-refractivity contribution in [1.82, 2.24) is 5.32 Å². The van der Waals surface area contributed by atoms with E-state index in [1.54, 1.807) is 18.2 Å². The van der Waals surface area contributed by atoms with E-state index in [1.165, 1.54) is 55.5 Å². The first-order chi connectivity index (χ1) is 23.3. The zero-order valence-corrected chi connectivity index (χ0v) is 26.1. The molecule has 1 heterocycles. The Balaban J connectivity index is 1.31. The second-order valence-electron chi connectivity index (χ2n) is 10.7. The molecule has 4 rings (SSSR count). The molecule has 0 bridgehead atoms. The van der Waals surface area contributed by atoms with Gasteiger partial charge in [-0.05, 0) is 60.5 Å². The fraction of sp³-hybridized carbons (Fsp3) is 0.281. The topological polar surface area (TPSA) is 245 Å². The minimum Gasteiger partial charge on any atom is -0.482 e. The lowest BCUT2D eigenvalue weighted by atomic mass is 9.92. The number of hydrogen-bond acceptors (Lipinski definition) is 12. The standard InChI is InChI=1S/C32H34FN5O11/c1-17(29(35)40)28(37-22(30(41)42)12-18-6-11-24-25(13-18)48-16-47-24)27(34)31(43)49-26(39)14-45-19-7-9-20(10-8-19)46-15-38(32(36)44)23-5-3-2-4-21(23)33/h2-11,13,17,22,27-28,37H,12,14-16,34H2,1H3,(H2,35,40)(H2,36,44)(H,41,42)/t17?,22?,27-,28?/m0/s1. The van der Waals surface area contributed by atoms with E-state index >= 15 is 0 Å². The van der Waals surface area contributed by atoms with Crippen molar-refractivity contribution in [3.8, 4) is 23.0 Å². The SMILES string of the molecule is CC(C(N)=O)C(NC(Cc1ccc2c(c1)OCO2)C(=O)O)[C@H](N)C(=O)OC(=O)COc1ccc(OCN(C(N)=O)c2ccccc2F)cc1. The third-order valence-electron chi connectivity index (χ3n) is 7.38. The Morgan fingerprint density at radius 3 is 2.24 bits per heavy atom. The van der Waals surface area contributed by atoms with Gasteiger partial charge < -0.3 is 46.0 Å². The smallest absolute Gasteiger partial charge is 0.351 e. The molecule has 1 aliphatic rings. The van der Waals surface area contributed by atoms with Crippen molar-refractivity contribution >= 4 is 35.5 Å². The highest BCUT2D eigenvalue weighted by Crippen LogP contribution is 2.33. The number of carbonyl (C=O) groups is 5. The largest absolute Gasteiger partial charge is 0.482 e. The van der Waals surface area contributed by atoms with Crippen LogP contribution in [0.25, 0.3) is 0 Å². The molecule has 3 amide bonds. The summed E-state index contributed by atoms with van der Waals surface area (Å²) in [7, 11) is 0. The number of rotatable bonds is 16. The number of ether oxygens (including phenoxy) is 5. The summed E-state index contributed by atoms with van der Waals surface area (Å²) in [5.41, 5.74) is 17.3. The van der Waals surface area contributed by atoms with Crippen LogP contribution in [-0.2, 0) is 30.3 Å². The Labute approximate surface area is 278 Å². The van der Waals surface area contributed by atoms with E-state index in [1.807, 2.05) is 0 Å². The molecule has 0 spiro atoms. The summed E-state index contributed by atoms with van der Waals surface area (Å²) < 4.78 is 40.4. The van der Waals surface area contributed by atoms with Gasteiger partial charge in [0, 0.05) is 6.04 Å². The minimum absolute atomic E-state index is 0.0257. The first-order valence-electron chi connectivity index (χ1n) is 14.7. The third-order valence-corrected chi connectivity index (χ3v) is 7.38. The van der Waals surface area contributed by atoms with Gasteiger partial charge in [0.15, 0.2) is 24.8 Å². The number of benzene rings is 3. The number of carboxylic acids is 1. The minimum atomic E-state index is -1.69. The molecule has 0 saturated carbocycles. The van der Waals surface area contributed by atoms with Crippen LogP contribution < -0.4 is 46.4 Å². The number of nitrogens with one attached hydrogen (secondary N) is 1. The highest BCUT2D eigenvalue weighted by Gasteiger charge is 2.37. The molecule has 0 fully saturated rings. The first-order valence-corrected chi connectivity index (χ1v) is 14.7. The molecule has 3 aromatic carbocycles. The van der Waals surface area contributed by atoms with Gasteiger partial charge in [0.05, 0.1) is 11.6 Å². The van der Waals surface area contributed by atoms with E-state index < -0.39 is 73.0 Å². The predicted octanol–water partition coefficient (Wildman–Crippen LogP) is 1.03. The molecule has 16 nitrogen and oxygen atoms in total. The summed E-state index contributed by atoms with van der Waals surface area (Å²) in [5, 5.41) is 12.6. The van der Waals surface area contributed by atoms with Crippen LogP contribution in [0, 0.1) is 11.7 Å². The van der Waals surface area contributed by atoms with Crippen LogP contribution in [0.4, 0.5) is 14.9 Å². The Morgan fingerprint density at radius 1 is 0.959 bits per heavy atom. The molecule has 0 aliphatic carbocycles. The second kappa shape index (κ2) is 16.2. The van der Waals surface area contributed by atoms with E-state index in [9.17, 15) is 33.5 Å². The molecular weight excluding hydrogens is 649 g/mol. The number of nitrogens with two attached hydrogens (primary N) is 3. The van der Waals surface area contributed by atoms with Crippen LogP contribution >= 0.6 is 0 Å². The average molecular weight is 684 g/mol. The molecule has 17 heteroatoms. The number of hydrogen-bond donors (Lipinski definition) is 5. The maximum Gasteiger partial charge on any atom is 0.351 e. The van der Waals surface area contributed by atoms with E-state index in [0.717, 1.165) is 4.90 Å². The monoisotopic (exact) mass is 683 g/mol. The molecule has 0 saturated heterocycles. The van der Waals surface area contributed by atoms with Gasteiger partial charge in [-0.3, -0.25) is 19.8 Å². The zero-order valence-electron chi connectivity index (χ0n) is 26.1. The maximum atomic E-state index is 14.1. The van der Waals surface area contributed by atoms with Crippen molar-refractivity contribution in [2.24, 2.45) is 23.1 Å². The van der Waals surface area contributed by atoms with Crippen molar-refractivity contribution in [3.63, 3.8) is 0 Å². The van der Waals surface area contributed by atoms with Crippen molar-refractivity contribution < 1.29 is 57.2 Å². The summed E-state index contributed by atoms with van der Waals surface area (Å²) in [6, 6.07) is 10.8. The zero-order chi connectivity index (χ0) is 35.7. The number of carboxylic acid groups (broad SMARTS) is 1. The van der Waals surface area contributed by atoms with Crippen molar-refractivity contribution in [3.05, 3.63) is 78.1 Å². The highest BCUT2D eigenvalue weighted by molar-refractivity contribution is 5.91. The Bertz CT molecular complexity index is 1690. The molecule has 1 aliphatic heterocycles. The summed E-state index contributed by atoms with van der Waals surface area (Å²) in [5.74, 6) is -5.07. The molecule has 0 radical (unpaired) electrons. The Kier molecular flexibility index (Phi) is 11.9. The predicted molar refractivity (Wildman–Crippen MR) is 168 cm³/mol. The van der Waals surface area contributed by atoms with Crippen LogP contribution in [0.5, 0.6) is 23.0 Å². The molecule has 3 aromatic rings. The van der Waals surface area contributed by atoms with Crippen LogP contribution in [-0.4, -0.2) is 73.2 Å². The van der Waals surface area contributed by atoms with Crippen molar-refractivity contribution in [2.75, 3.05) is 25.0 Å². The van der Waals surface area contributed by atoms with Gasteiger partial charge in [0.25, 0.3) is 0 Å². The average Bonchev–Trinajstić information content (AvgIpc) is 3.54. The lowest BCUT2D eigenvalue weighted by Gasteiger charge is -2.30. The van der Waals surface area contributed by atoms with Crippen LogP contribution in [0.15, 0.2) is 66.7 Å². The molecular formula is C32H34FN5O11. The maximum absolute atomic E-state index is 14.1. The number of carbonyl (C=O) groups excluding carboxylic acids is 4. The highest BCUT2D eigenvalue weighted by atomic mass is 19.1. The number of primary amides is 2. The summed E-state index contributed by atoms with van der Waals surface area (Å²) in [6.45, 7) is 0.238. The van der Waals surface area contributed by atoms with Gasteiger partial charge in [-0.15, -0.1) is 0 Å². The van der Waals surface area contributed by atoms with Gasteiger partial charge in [-0.1, -0.05) is 25.1 Å². The van der Waals surface area contributed by atoms with E-state index in [-0.39, 0.29) is 30.4 Å². The molecule has 0 aromatic heterocycles. The Hall–Kier alpha value is -5.94. The van der Waals surface area contributed by atoms with Gasteiger partial charge >= 0.3 is 23.9 Å². The van der Waals surface area contributed by atoms with Gasteiger partial charge in [-0.25, -0.2) is 18.8 Å². The normalized spacial score (nSPS) is 14.1. The van der Waals surface area contributed by atoms with Crippen LogP contribution in [0.3, 0.4) is 0 Å². The Morgan fingerprint density at radius 2 is 1.61 bits per heavy atom. The van der Waals surface area contributed by atoms with Crippen molar-refractivity contribution in [2.45, 2.75) is 31.5 Å². The summed E-state index contributed by atoms with van der Waals surface area (Å²) >= 11 is 0. The first kappa shape index (κ1) is 35.9. The van der Waals surface area contributed by atoms with E-state index in [0.29, 0.717) is 17.1 Å². The quantitative estimate of drug-likeness (QED) is 0.0805. The number of anilines is 1. The van der Waals surface area contributed by atoms with E-state index in [4.69, 9.17) is 40.9 Å². The summed E-state index contributed by atoms with van der Waals surface area (Å²) in [4.78, 5) is 62.2. The van der Waals surface area contributed by atoms with Crippen LogP contribution in [0.2, 0.25) is 0 Å². The molecule has 8 N–H and O–H groups in total. The van der Waals surface area contributed by atoms with Gasteiger partial charge in [0.1, 0.15) is 29.4 Å². The van der Waals surface area contributed by atoms with Gasteiger partial charge in [-0.2, -0.15) is 0 Å². The van der Waals surface area contributed by atoms with Crippen LogP contribution in [0.1, 0.15) is 12.5 Å². The second-order valence-corrected chi connectivity index (χ2v) is 10.7. The number of nitrogens with zero attached hydrogens (tertiary/aromatic N) is 1. The fourth-order valence-electron chi connectivity index (χ4n) is 4.68. The molecule has 4 atom stereocenters. The number of amides is 3. The fourth-order valence-corrected chi connectivity index (χ4v) is 4.68. The van der Waals surface area contributed by atoms with Gasteiger partial charge in [0.2, 0.25) is 12.7 Å². The number of halogens is 1. The number of para-hydroxylation sites is 1. The third kappa shape index (κ3) is 9.55. The lowest BCUT2D eigenvalue weighted by molar-refractivity contribution is -0.163. The summed E-state index contributed by atoms with van der Waals surface area (Å²) in [6.07, 6.45) is -0.0959. The molecule has 3 unspecified atom stereocenters. The molecule has 260 valence electrons.